The van der Waals surface area contributed by atoms with Crippen molar-refractivity contribution in [3.05, 3.63) is 17.5 Å². The highest BCUT2D eigenvalue weighted by atomic mass is 127. The molecule has 1 aromatic rings. The molecule has 1 heterocycles. The molecule has 2 rings (SSSR count). The van der Waals surface area contributed by atoms with Crippen LogP contribution in [0.25, 0.3) is 0 Å². The average molecular weight is 574 g/mol. The number of thiophene rings is 1. The predicted octanol–water partition coefficient (Wildman–Crippen LogP) is 3.04. The highest BCUT2D eigenvalue weighted by Gasteiger charge is 2.53. The van der Waals surface area contributed by atoms with Crippen molar-refractivity contribution in [3.63, 3.8) is 0 Å². The summed E-state index contributed by atoms with van der Waals surface area (Å²) in [4.78, 5) is 4.45. The quantitative estimate of drug-likeness (QED) is 0.214. The Morgan fingerprint density at radius 1 is 1.37 bits per heavy atom. The van der Waals surface area contributed by atoms with Crippen molar-refractivity contribution < 1.29 is 18.3 Å². The van der Waals surface area contributed by atoms with E-state index in [1.165, 1.54) is 0 Å². The number of nitrogens with one attached hydrogen (secondary N) is 2. The number of sulfone groups is 1. The van der Waals surface area contributed by atoms with Crippen LogP contribution in [0.15, 0.2) is 26.7 Å². The maximum atomic E-state index is 12.3. The molecule has 0 bridgehead atoms. The molecule has 1 saturated carbocycles. The van der Waals surface area contributed by atoms with Gasteiger partial charge in [0.25, 0.3) is 0 Å². The first-order valence-corrected chi connectivity index (χ1v) is 13.0. The molecule has 1 aromatic heterocycles. The molecule has 3 atom stereocenters. The predicted molar refractivity (Wildman–Crippen MR) is 134 cm³/mol. The van der Waals surface area contributed by atoms with Gasteiger partial charge in [-0.3, -0.25) is 4.99 Å². The van der Waals surface area contributed by atoms with Gasteiger partial charge in [0, 0.05) is 24.6 Å². The van der Waals surface area contributed by atoms with Crippen molar-refractivity contribution in [2.75, 3.05) is 25.4 Å². The molecule has 3 unspecified atom stereocenters. The third-order valence-corrected chi connectivity index (χ3v) is 9.08. The Balaban J connectivity index is 0.00000450. The van der Waals surface area contributed by atoms with Crippen molar-refractivity contribution in [1.29, 1.82) is 0 Å². The van der Waals surface area contributed by atoms with Crippen LogP contribution in [0.1, 0.15) is 47.0 Å². The lowest BCUT2D eigenvalue weighted by atomic mass is 9.58. The van der Waals surface area contributed by atoms with E-state index in [1.807, 2.05) is 13.8 Å². The minimum absolute atomic E-state index is 0. The van der Waals surface area contributed by atoms with Crippen molar-refractivity contribution in [2.24, 2.45) is 10.4 Å². The summed E-state index contributed by atoms with van der Waals surface area (Å²) in [6.45, 7) is 9.78. The zero-order chi connectivity index (χ0) is 21.5. The van der Waals surface area contributed by atoms with Crippen LogP contribution in [0.3, 0.4) is 0 Å². The molecule has 30 heavy (non-hydrogen) atoms. The number of guanidine groups is 1. The first-order valence-electron chi connectivity index (χ1n) is 10.4. The number of hydrogen-bond donors (Lipinski definition) is 3. The molecule has 1 fully saturated rings. The Bertz CT molecular complexity index is 752. The summed E-state index contributed by atoms with van der Waals surface area (Å²) < 4.78 is 30.9. The summed E-state index contributed by atoms with van der Waals surface area (Å²) in [5.41, 5.74) is 0.0628. The van der Waals surface area contributed by atoms with E-state index in [4.69, 9.17) is 4.74 Å². The smallest absolute Gasteiger partial charge is 0.191 e. The number of aliphatic hydroxyl groups excluding tert-OH is 1. The molecule has 1 aliphatic carbocycles. The largest absolute Gasteiger partial charge is 0.390 e. The first kappa shape index (κ1) is 27.6. The van der Waals surface area contributed by atoms with Crippen molar-refractivity contribution >= 4 is 51.1 Å². The fourth-order valence-electron chi connectivity index (χ4n) is 4.09. The van der Waals surface area contributed by atoms with E-state index in [1.54, 1.807) is 17.5 Å². The van der Waals surface area contributed by atoms with Crippen molar-refractivity contribution in [3.8, 4) is 0 Å². The van der Waals surface area contributed by atoms with Gasteiger partial charge in [-0.05, 0) is 44.6 Å². The van der Waals surface area contributed by atoms with E-state index in [0.29, 0.717) is 19.1 Å². The third-order valence-electron chi connectivity index (χ3n) is 5.80. The molecule has 0 spiro atoms. The van der Waals surface area contributed by atoms with Crippen LogP contribution < -0.4 is 10.6 Å². The van der Waals surface area contributed by atoms with Crippen LogP contribution in [-0.2, 0) is 14.6 Å². The van der Waals surface area contributed by atoms with Crippen molar-refractivity contribution in [2.45, 2.75) is 69.4 Å². The summed E-state index contributed by atoms with van der Waals surface area (Å²) in [5, 5.41) is 18.7. The van der Waals surface area contributed by atoms with Gasteiger partial charge in [0.05, 0.1) is 24.5 Å². The van der Waals surface area contributed by atoms with E-state index >= 15 is 0 Å². The zero-order valence-electron chi connectivity index (χ0n) is 18.3. The van der Waals surface area contributed by atoms with E-state index in [2.05, 4.69) is 29.5 Å². The second-order valence-corrected chi connectivity index (χ2v) is 10.6. The summed E-state index contributed by atoms with van der Waals surface area (Å²) in [5.74, 6) is 0.270. The summed E-state index contributed by atoms with van der Waals surface area (Å²) in [6, 6.07) is 3.48. The van der Waals surface area contributed by atoms with E-state index in [-0.39, 0.29) is 58.0 Å². The number of ether oxygens (including phenoxy) is 1. The highest BCUT2D eigenvalue weighted by Crippen LogP contribution is 2.48. The lowest BCUT2D eigenvalue weighted by molar-refractivity contribution is -0.133. The monoisotopic (exact) mass is 573 g/mol. The standard InChI is InChI=1S/C20H35N3O4S2.HI/c1-5-20(6-2)16(12-17(20)27-8-4)23-19(21-7-3)22-13-15(24)14-29(25,26)18-10-9-11-28-18;/h9-11,15-17,24H,5-8,12-14H2,1-4H3,(H2,21,22,23);1H. The van der Waals surface area contributed by atoms with E-state index in [0.717, 1.165) is 30.6 Å². The molecule has 10 heteroatoms. The number of rotatable bonds is 11. The van der Waals surface area contributed by atoms with Gasteiger partial charge >= 0.3 is 0 Å². The van der Waals surface area contributed by atoms with E-state index < -0.39 is 15.9 Å². The van der Waals surface area contributed by atoms with Crippen LogP contribution >= 0.6 is 35.3 Å². The lowest BCUT2D eigenvalue weighted by Gasteiger charge is -2.55. The van der Waals surface area contributed by atoms with Crippen LogP contribution in [0.5, 0.6) is 0 Å². The van der Waals surface area contributed by atoms with Crippen molar-refractivity contribution in [1.82, 2.24) is 10.6 Å². The molecular weight excluding hydrogens is 537 g/mol. The van der Waals surface area contributed by atoms with Gasteiger partial charge in [-0.25, -0.2) is 8.42 Å². The molecule has 3 N–H and O–H groups in total. The average Bonchev–Trinajstić information content (AvgIpc) is 3.22. The minimum atomic E-state index is -3.49. The Morgan fingerprint density at radius 2 is 2.07 bits per heavy atom. The van der Waals surface area contributed by atoms with Crippen LogP contribution in [-0.4, -0.2) is 63.2 Å². The lowest BCUT2D eigenvalue weighted by Crippen LogP contribution is -2.65. The second-order valence-electron chi connectivity index (χ2n) is 7.40. The molecule has 0 aromatic carbocycles. The molecule has 174 valence electrons. The number of aliphatic hydroxyl groups is 1. The Hall–Kier alpha value is -0.430. The molecular formula is C20H36IN3O4S2. The summed E-state index contributed by atoms with van der Waals surface area (Å²) >= 11 is 1.16. The first-order chi connectivity index (χ1) is 13.8. The van der Waals surface area contributed by atoms with Gasteiger partial charge in [-0.1, -0.05) is 19.9 Å². The minimum Gasteiger partial charge on any atom is -0.390 e. The fourth-order valence-corrected chi connectivity index (χ4v) is 6.56. The Kier molecular flexibility index (Phi) is 11.6. The molecule has 0 amide bonds. The maximum Gasteiger partial charge on any atom is 0.191 e. The Labute approximate surface area is 202 Å². The number of halogens is 1. The van der Waals surface area contributed by atoms with Crippen LogP contribution in [0.4, 0.5) is 0 Å². The van der Waals surface area contributed by atoms with Gasteiger partial charge in [0.2, 0.25) is 0 Å². The molecule has 1 aliphatic rings. The van der Waals surface area contributed by atoms with Gasteiger partial charge in [-0.2, -0.15) is 0 Å². The van der Waals surface area contributed by atoms with Gasteiger partial charge < -0.3 is 20.5 Å². The maximum absolute atomic E-state index is 12.3. The summed E-state index contributed by atoms with van der Waals surface area (Å²) in [7, 11) is -3.49. The van der Waals surface area contributed by atoms with Gasteiger partial charge in [-0.15, -0.1) is 35.3 Å². The molecule has 0 saturated heterocycles. The van der Waals surface area contributed by atoms with E-state index in [9.17, 15) is 13.5 Å². The zero-order valence-corrected chi connectivity index (χ0v) is 22.2. The van der Waals surface area contributed by atoms with Gasteiger partial charge in [0.15, 0.2) is 15.8 Å². The topological polar surface area (TPSA) is 100 Å². The molecule has 0 radical (unpaired) electrons. The highest BCUT2D eigenvalue weighted by molar-refractivity contribution is 14.0. The van der Waals surface area contributed by atoms with Gasteiger partial charge in [0.1, 0.15) is 4.21 Å². The number of aliphatic imine (C=N–C) groups is 1. The Morgan fingerprint density at radius 3 is 2.60 bits per heavy atom. The molecule has 7 nitrogen and oxygen atoms in total. The van der Waals surface area contributed by atoms with Crippen LogP contribution in [0.2, 0.25) is 0 Å². The normalized spacial score (nSPS) is 22.0. The SMILES string of the molecule is CCNC(=NCC(O)CS(=O)(=O)c1cccs1)NC1CC(OCC)C1(CC)CC.I. The second kappa shape index (κ2) is 12.6. The molecule has 0 aliphatic heterocycles. The summed E-state index contributed by atoms with van der Waals surface area (Å²) in [6.07, 6.45) is 2.11. The van der Waals surface area contributed by atoms with Crippen LogP contribution in [0, 0.1) is 5.41 Å². The number of hydrogen-bond acceptors (Lipinski definition) is 6. The fraction of sp³-hybridized carbons (Fsp3) is 0.750. The third kappa shape index (κ3) is 6.54. The number of nitrogens with zero attached hydrogens (tertiary/aromatic N) is 1.